The minimum absolute atomic E-state index is 0.230. The van der Waals surface area contributed by atoms with Crippen molar-refractivity contribution in [2.24, 2.45) is 0 Å². The molecule has 1 nitrogen and oxygen atoms in total. The predicted octanol–water partition coefficient (Wildman–Crippen LogP) is 2.16. The van der Waals surface area contributed by atoms with E-state index in [0.29, 0.717) is 6.04 Å². The predicted molar refractivity (Wildman–Crippen MR) is 46.1 cm³/mol. The van der Waals surface area contributed by atoms with Gasteiger partial charge >= 0.3 is 0 Å². The van der Waals surface area contributed by atoms with E-state index < -0.39 is 0 Å². The maximum absolute atomic E-state index is 3.44. The standard InChI is InChI=1S/C7H16BrN/c1-6(2)9-7(3,4)5-8/h6,9H,5H2,1-4H3. The molecule has 0 fully saturated rings. The summed E-state index contributed by atoms with van der Waals surface area (Å²) >= 11 is 3.44. The van der Waals surface area contributed by atoms with Crippen molar-refractivity contribution < 1.29 is 0 Å². The molecular weight excluding hydrogens is 178 g/mol. The van der Waals surface area contributed by atoms with Gasteiger partial charge in [-0.2, -0.15) is 0 Å². The molecule has 0 rings (SSSR count). The molecule has 56 valence electrons. The van der Waals surface area contributed by atoms with Gasteiger partial charge in [0.25, 0.3) is 0 Å². The number of alkyl halides is 1. The van der Waals surface area contributed by atoms with E-state index in [1.165, 1.54) is 0 Å². The van der Waals surface area contributed by atoms with Crippen LogP contribution in [0.4, 0.5) is 0 Å². The Morgan fingerprint density at radius 1 is 1.44 bits per heavy atom. The highest BCUT2D eigenvalue weighted by atomic mass is 79.9. The number of hydrogen-bond acceptors (Lipinski definition) is 1. The average molecular weight is 194 g/mol. The molecular formula is C7H16BrN. The van der Waals surface area contributed by atoms with Gasteiger partial charge in [-0.05, 0) is 13.8 Å². The molecule has 0 radical (unpaired) electrons. The fraction of sp³-hybridized carbons (Fsp3) is 1.00. The molecule has 0 aromatic carbocycles. The van der Waals surface area contributed by atoms with Gasteiger partial charge in [0.2, 0.25) is 0 Å². The maximum atomic E-state index is 3.44. The monoisotopic (exact) mass is 193 g/mol. The van der Waals surface area contributed by atoms with Crippen LogP contribution < -0.4 is 5.32 Å². The number of hydrogen-bond donors (Lipinski definition) is 1. The van der Waals surface area contributed by atoms with Crippen molar-refractivity contribution in [1.82, 2.24) is 5.32 Å². The van der Waals surface area contributed by atoms with Gasteiger partial charge in [-0.3, -0.25) is 0 Å². The van der Waals surface area contributed by atoms with Crippen molar-refractivity contribution in [3.63, 3.8) is 0 Å². The highest BCUT2D eigenvalue weighted by molar-refractivity contribution is 9.09. The molecule has 0 spiro atoms. The first-order chi connectivity index (χ1) is 3.98. The largest absolute Gasteiger partial charge is 0.309 e. The number of nitrogens with one attached hydrogen (secondary N) is 1. The summed E-state index contributed by atoms with van der Waals surface area (Å²) in [6.07, 6.45) is 0. The average Bonchev–Trinajstić information content (AvgIpc) is 1.63. The quantitative estimate of drug-likeness (QED) is 0.679. The molecule has 0 aliphatic rings. The molecule has 0 unspecified atom stereocenters. The van der Waals surface area contributed by atoms with Gasteiger partial charge in [-0.15, -0.1) is 0 Å². The first-order valence-corrected chi connectivity index (χ1v) is 4.44. The molecule has 0 aliphatic heterocycles. The Bertz CT molecular complexity index is 79.0. The Morgan fingerprint density at radius 2 is 1.89 bits per heavy atom. The van der Waals surface area contributed by atoms with Crippen LogP contribution in [0, 0.1) is 0 Å². The van der Waals surface area contributed by atoms with Gasteiger partial charge in [0.1, 0.15) is 0 Å². The first-order valence-electron chi connectivity index (χ1n) is 3.31. The third-order valence-corrected chi connectivity index (χ3v) is 2.42. The molecule has 0 heterocycles. The van der Waals surface area contributed by atoms with E-state index in [2.05, 4.69) is 48.9 Å². The van der Waals surface area contributed by atoms with Crippen LogP contribution in [0.25, 0.3) is 0 Å². The molecule has 0 atom stereocenters. The zero-order valence-corrected chi connectivity index (χ0v) is 8.25. The van der Waals surface area contributed by atoms with Gasteiger partial charge in [-0.1, -0.05) is 29.8 Å². The van der Waals surface area contributed by atoms with E-state index in [1.54, 1.807) is 0 Å². The summed E-state index contributed by atoms with van der Waals surface area (Å²) in [6, 6.07) is 0.567. The molecule has 0 aromatic rings. The Kier molecular flexibility index (Phi) is 3.74. The minimum Gasteiger partial charge on any atom is -0.309 e. The lowest BCUT2D eigenvalue weighted by Crippen LogP contribution is -2.44. The SMILES string of the molecule is CC(C)NC(C)(C)CBr. The third-order valence-electron chi connectivity index (χ3n) is 1.01. The van der Waals surface area contributed by atoms with Crippen LogP contribution in [-0.4, -0.2) is 16.9 Å². The zero-order valence-electron chi connectivity index (χ0n) is 6.66. The summed E-state index contributed by atoms with van der Waals surface area (Å²) in [6.45, 7) is 8.68. The summed E-state index contributed by atoms with van der Waals surface area (Å²) < 4.78 is 0. The van der Waals surface area contributed by atoms with Gasteiger partial charge in [-0.25, -0.2) is 0 Å². The second-order valence-electron chi connectivity index (χ2n) is 3.32. The smallest absolute Gasteiger partial charge is 0.0224 e. The van der Waals surface area contributed by atoms with E-state index in [4.69, 9.17) is 0 Å². The highest BCUT2D eigenvalue weighted by Crippen LogP contribution is 2.06. The molecule has 0 saturated carbocycles. The van der Waals surface area contributed by atoms with E-state index >= 15 is 0 Å². The summed E-state index contributed by atoms with van der Waals surface area (Å²) in [5.74, 6) is 0. The van der Waals surface area contributed by atoms with Crippen molar-refractivity contribution >= 4 is 15.9 Å². The summed E-state index contributed by atoms with van der Waals surface area (Å²) in [4.78, 5) is 0. The Balaban J connectivity index is 3.58. The Labute approximate surface area is 66.3 Å². The fourth-order valence-corrected chi connectivity index (χ4v) is 0.982. The molecule has 1 N–H and O–H groups in total. The maximum Gasteiger partial charge on any atom is 0.0224 e. The van der Waals surface area contributed by atoms with Gasteiger partial charge in [0.05, 0.1) is 0 Å². The van der Waals surface area contributed by atoms with Crippen molar-refractivity contribution in [3.8, 4) is 0 Å². The third kappa shape index (κ3) is 4.91. The van der Waals surface area contributed by atoms with Crippen LogP contribution in [0.1, 0.15) is 27.7 Å². The lowest BCUT2D eigenvalue weighted by Gasteiger charge is -2.26. The van der Waals surface area contributed by atoms with Crippen LogP contribution in [-0.2, 0) is 0 Å². The normalized spacial score (nSPS) is 12.7. The van der Waals surface area contributed by atoms with E-state index in [9.17, 15) is 0 Å². The molecule has 0 aliphatic carbocycles. The van der Waals surface area contributed by atoms with E-state index in [-0.39, 0.29) is 5.54 Å². The topological polar surface area (TPSA) is 12.0 Å². The van der Waals surface area contributed by atoms with Crippen LogP contribution in [0.2, 0.25) is 0 Å². The van der Waals surface area contributed by atoms with Crippen LogP contribution in [0.15, 0.2) is 0 Å². The van der Waals surface area contributed by atoms with Gasteiger partial charge in [0.15, 0.2) is 0 Å². The molecule has 2 heteroatoms. The van der Waals surface area contributed by atoms with Crippen molar-refractivity contribution in [3.05, 3.63) is 0 Å². The Morgan fingerprint density at radius 3 is 2.00 bits per heavy atom. The summed E-state index contributed by atoms with van der Waals surface area (Å²) in [5.41, 5.74) is 0.230. The van der Waals surface area contributed by atoms with E-state index in [0.717, 1.165) is 5.33 Å². The molecule has 9 heavy (non-hydrogen) atoms. The molecule has 0 aromatic heterocycles. The minimum atomic E-state index is 0.230. The lowest BCUT2D eigenvalue weighted by molar-refractivity contribution is 0.395. The van der Waals surface area contributed by atoms with Crippen LogP contribution in [0.3, 0.4) is 0 Å². The van der Waals surface area contributed by atoms with Gasteiger partial charge < -0.3 is 5.32 Å². The first kappa shape index (κ1) is 9.44. The van der Waals surface area contributed by atoms with Crippen molar-refractivity contribution in [2.75, 3.05) is 5.33 Å². The second kappa shape index (κ2) is 3.57. The molecule has 0 saturated heterocycles. The number of halogens is 1. The van der Waals surface area contributed by atoms with Crippen LogP contribution in [0.5, 0.6) is 0 Å². The van der Waals surface area contributed by atoms with Gasteiger partial charge in [0, 0.05) is 16.9 Å². The second-order valence-corrected chi connectivity index (χ2v) is 3.88. The lowest BCUT2D eigenvalue weighted by atomic mass is 10.1. The number of rotatable bonds is 3. The Hall–Kier alpha value is 0.440. The van der Waals surface area contributed by atoms with Crippen molar-refractivity contribution in [2.45, 2.75) is 39.3 Å². The van der Waals surface area contributed by atoms with Crippen LogP contribution >= 0.6 is 15.9 Å². The van der Waals surface area contributed by atoms with E-state index in [1.807, 2.05) is 0 Å². The zero-order chi connectivity index (χ0) is 7.49. The highest BCUT2D eigenvalue weighted by Gasteiger charge is 2.15. The van der Waals surface area contributed by atoms with Crippen molar-refractivity contribution in [1.29, 1.82) is 0 Å². The summed E-state index contributed by atoms with van der Waals surface area (Å²) in [7, 11) is 0. The molecule has 0 bridgehead atoms. The molecule has 0 amide bonds. The summed E-state index contributed by atoms with van der Waals surface area (Å²) in [5, 5.41) is 4.42. The fourth-order valence-electron chi connectivity index (χ4n) is 0.820.